The van der Waals surface area contributed by atoms with Gasteiger partial charge in [0, 0.05) is 37.2 Å². The van der Waals surface area contributed by atoms with Crippen LogP contribution in [0.3, 0.4) is 0 Å². The Kier molecular flexibility index (Phi) is 9.17. The zero-order chi connectivity index (χ0) is 20.7. The van der Waals surface area contributed by atoms with E-state index in [0.29, 0.717) is 6.61 Å². The monoisotopic (exact) mass is 520 g/mol. The number of rotatable bonds is 7. The number of H-pyrrole nitrogens is 1. The van der Waals surface area contributed by atoms with E-state index in [1.54, 1.807) is 7.05 Å². The van der Waals surface area contributed by atoms with Gasteiger partial charge in [0.1, 0.15) is 0 Å². The third-order valence-electron chi connectivity index (χ3n) is 4.71. The summed E-state index contributed by atoms with van der Waals surface area (Å²) in [6.45, 7) is 8.38. The van der Waals surface area contributed by atoms with Crippen LogP contribution in [-0.4, -0.2) is 30.1 Å². The molecular formula is C24H33IN4O. The lowest BCUT2D eigenvalue weighted by molar-refractivity contribution is -0.0149. The van der Waals surface area contributed by atoms with Crippen LogP contribution in [0.25, 0.3) is 10.9 Å². The van der Waals surface area contributed by atoms with Crippen molar-refractivity contribution in [3.05, 3.63) is 71.4 Å². The molecule has 3 rings (SSSR count). The highest BCUT2D eigenvalue weighted by atomic mass is 127. The van der Waals surface area contributed by atoms with E-state index in [1.807, 2.05) is 0 Å². The maximum absolute atomic E-state index is 5.88. The number of aromatic nitrogens is 1. The fourth-order valence-corrected chi connectivity index (χ4v) is 3.19. The summed E-state index contributed by atoms with van der Waals surface area (Å²) in [5.41, 5.74) is 4.75. The van der Waals surface area contributed by atoms with E-state index in [0.717, 1.165) is 25.5 Å². The zero-order valence-electron chi connectivity index (χ0n) is 18.3. The molecule has 1 heterocycles. The molecule has 0 saturated heterocycles. The first-order valence-electron chi connectivity index (χ1n) is 10.2. The third-order valence-corrected chi connectivity index (χ3v) is 4.71. The molecule has 1 aromatic heterocycles. The molecule has 0 amide bonds. The maximum Gasteiger partial charge on any atom is 0.191 e. The van der Waals surface area contributed by atoms with Crippen LogP contribution in [0, 0.1) is 0 Å². The van der Waals surface area contributed by atoms with Crippen molar-refractivity contribution in [3.8, 4) is 0 Å². The summed E-state index contributed by atoms with van der Waals surface area (Å²) in [7, 11) is 1.80. The first-order chi connectivity index (χ1) is 13.9. The number of hydrogen-bond acceptors (Lipinski definition) is 2. The van der Waals surface area contributed by atoms with Crippen LogP contribution in [0.15, 0.2) is 59.7 Å². The van der Waals surface area contributed by atoms with Gasteiger partial charge in [0.05, 0.1) is 12.2 Å². The van der Waals surface area contributed by atoms with E-state index in [-0.39, 0.29) is 29.6 Å². The lowest BCUT2D eigenvalue weighted by Gasteiger charge is -2.19. The van der Waals surface area contributed by atoms with E-state index >= 15 is 0 Å². The quantitative estimate of drug-likeness (QED) is 0.233. The van der Waals surface area contributed by atoms with Crippen molar-refractivity contribution < 1.29 is 4.74 Å². The molecule has 0 radical (unpaired) electrons. The van der Waals surface area contributed by atoms with Gasteiger partial charge in [-0.1, -0.05) is 42.5 Å². The van der Waals surface area contributed by atoms with Crippen LogP contribution < -0.4 is 10.6 Å². The summed E-state index contributed by atoms with van der Waals surface area (Å²) in [6.07, 6.45) is 3.03. The molecule has 0 saturated carbocycles. The van der Waals surface area contributed by atoms with Crippen molar-refractivity contribution in [1.82, 2.24) is 15.6 Å². The number of nitrogens with zero attached hydrogens (tertiary/aromatic N) is 1. The number of nitrogens with one attached hydrogen (secondary N) is 3. The largest absolute Gasteiger partial charge is 0.371 e. The first kappa shape index (κ1) is 24.2. The van der Waals surface area contributed by atoms with Crippen molar-refractivity contribution in [2.45, 2.75) is 45.9 Å². The molecule has 0 unspecified atom stereocenters. The molecule has 0 aliphatic heterocycles. The number of hydrogen-bond donors (Lipinski definition) is 3. The minimum absolute atomic E-state index is 0. The molecule has 5 nitrogen and oxygen atoms in total. The minimum Gasteiger partial charge on any atom is -0.371 e. The van der Waals surface area contributed by atoms with Crippen LogP contribution in [0.5, 0.6) is 0 Å². The number of halogens is 1. The molecule has 0 spiro atoms. The second kappa shape index (κ2) is 11.4. The Balaban J connectivity index is 0.00000320. The predicted octanol–water partition coefficient (Wildman–Crippen LogP) is 5.01. The highest BCUT2D eigenvalue weighted by Gasteiger charge is 2.10. The number of guanidine groups is 1. The van der Waals surface area contributed by atoms with E-state index in [4.69, 9.17) is 4.74 Å². The molecule has 3 aromatic rings. The first-order valence-corrected chi connectivity index (χ1v) is 10.2. The molecule has 3 N–H and O–H groups in total. The maximum atomic E-state index is 5.88. The summed E-state index contributed by atoms with van der Waals surface area (Å²) >= 11 is 0. The van der Waals surface area contributed by atoms with Crippen molar-refractivity contribution in [1.29, 1.82) is 0 Å². The molecule has 0 aliphatic carbocycles. The zero-order valence-corrected chi connectivity index (χ0v) is 20.6. The van der Waals surface area contributed by atoms with Crippen LogP contribution in [0.2, 0.25) is 0 Å². The summed E-state index contributed by atoms with van der Waals surface area (Å²) in [6, 6.07) is 16.9. The molecule has 0 bridgehead atoms. The van der Waals surface area contributed by atoms with E-state index in [1.165, 1.54) is 27.6 Å². The van der Waals surface area contributed by atoms with Crippen molar-refractivity contribution in [2.75, 3.05) is 13.6 Å². The Hall–Kier alpha value is -2.06. The lowest BCUT2D eigenvalue weighted by Crippen LogP contribution is -2.37. The minimum atomic E-state index is -0.134. The third kappa shape index (κ3) is 7.32. The highest BCUT2D eigenvalue weighted by molar-refractivity contribution is 14.0. The standard InChI is InChI=1S/C24H32N4O.HI/c1-24(2,3)29-17-19-9-7-8-18(14-19)15-28-23(25-4)26-13-12-20-16-27-22-11-6-5-10-21(20)22;/h5-11,14,16,27H,12-13,15,17H2,1-4H3,(H2,25,26,28);1H. The Labute approximate surface area is 196 Å². The number of fused-ring (bicyclic) bond motifs is 1. The molecule has 2 aromatic carbocycles. The number of para-hydroxylation sites is 1. The van der Waals surface area contributed by atoms with Crippen LogP contribution in [-0.2, 0) is 24.3 Å². The van der Waals surface area contributed by atoms with E-state index in [2.05, 4.69) is 96.1 Å². The Morgan fingerprint density at radius 2 is 1.80 bits per heavy atom. The van der Waals surface area contributed by atoms with Gasteiger partial charge >= 0.3 is 0 Å². The molecule has 0 aliphatic rings. The van der Waals surface area contributed by atoms with Crippen molar-refractivity contribution in [3.63, 3.8) is 0 Å². The van der Waals surface area contributed by atoms with Gasteiger partial charge in [-0.3, -0.25) is 4.99 Å². The van der Waals surface area contributed by atoms with Gasteiger partial charge in [-0.15, -0.1) is 24.0 Å². The van der Waals surface area contributed by atoms with Gasteiger partial charge < -0.3 is 20.4 Å². The molecular weight excluding hydrogens is 487 g/mol. The smallest absolute Gasteiger partial charge is 0.191 e. The molecule has 30 heavy (non-hydrogen) atoms. The number of benzene rings is 2. The van der Waals surface area contributed by atoms with Gasteiger partial charge in [0.25, 0.3) is 0 Å². The molecule has 0 fully saturated rings. The average Bonchev–Trinajstić information content (AvgIpc) is 3.12. The molecule has 6 heteroatoms. The summed E-state index contributed by atoms with van der Waals surface area (Å²) in [5.74, 6) is 0.807. The average molecular weight is 520 g/mol. The van der Waals surface area contributed by atoms with E-state index < -0.39 is 0 Å². The second-order valence-corrected chi connectivity index (χ2v) is 8.18. The fraction of sp³-hybridized carbons (Fsp3) is 0.375. The van der Waals surface area contributed by atoms with Crippen LogP contribution >= 0.6 is 24.0 Å². The van der Waals surface area contributed by atoms with Gasteiger partial charge in [-0.2, -0.15) is 0 Å². The normalized spacial score (nSPS) is 11.9. The van der Waals surface area contributed by atoms with Crippen molar-refractivity contribution >= 4 is 40.8 Å². The highest BCUT2D eigenvalue weighted by Crippen LogP contribution is 2.17. The second-order valence-electron chi connectivity index (χ2n) is 8.18. The number of aliphatic imine (C=N–C) groups is 1. The summed E-state index contributed by atoms with van der Waals surface area (Å²) in [5, 5.41) is 8.08. The Morgan fingerprint density at radius 3 is 2.57 bits per heavy atom. The topological polar surface area (TPSA) is 61.4 Å². The SMILES string of the molecule is CN=C(NCCc1c[nH]c2ccccc12)NCc1cccc(COC(C)(C)C)c1.I. The van der Waals surface area contributed by atoms with Gasteiger partial charge in [-0.05, 0) is 49.9 Å². The summed E-state index contributed by atoms with van der Waals surface area (Å²) in [4.78, 5) is 7.67. The van der Waals surface area contributed by atoms with Crippen LogP contribution in [0.4, 0.5) is 0 Å². The fourth-order valence-electron chi connectivity index (χ4n) is 3.19. The Morgan fingerprint density at radius 1 is 1.03 bits per heavy atom. The number of aromatic amines is 1. The number of ether oxygens (including phenoxy) is 1. The van der Waals surface area contributed by atoms with Crippen molar-refractivity contribution in [2.24, 2.45) is 4.99 Å². The lowest BCUT2D eigenvalue weighted by atomic mass is 10.1. The Bertz CT molecular complexity index is 959. The van der Waals surface area contributed by atoms with Gasteiger partial charge in [-0.25, -0.2) is 0 Å². The van der Waals surface area contributed by atoms with Gasteiger partial charge in [0.2, 0.25) is 0 Å². The molecule has 162 valence electrons. The van der Waals surface area contributed by atoms with Crippen LogP contribution in [0.1, 0.15) is 37.5 Å². The predicted molar refractivity (Wildman–Crippen MR) is 137 cm³/mol. The van der Waals surface area contributed by atoms with E-state index in [9.17, 15) is 0 Å². The van der Waals surface area contributed by atoms with Gasteiger partial charge in [0.15, 0.2) is 5.96 Å². The molecule has 0 atom stereocenters. The summed E-state index contributed by atoms with van der Waals surface area (Å²) < 4.78 is 5.88.